The van der Waals surface area contributed by atoms with Gasteiger partial charge < -0.3 is 15.3 Å². The summed E-state index contributed by atoms with van der Waals surface area (Å²) in [4.78, 5) is 8.90. The number of aryl methyl sites for hydroxylation is 1. The molecule has 2 aromatic rings. The predicted octanol–water partition coefficient (Wildman–Crippen LogP) is 3.71. The largest absolute Gasteiger partial charge is 0.441 e. The fourth-order valence-corrected chi connectivity index (χ4v) is 2.85. The number of aliphatic hydroxyl groups is 1. The van der Waals surface area contributed by atoms with Crippen molar-refractivity contribution in [3.05, 3.63) is 52.9 Å². The van der Waals surface area contributed by atoms with E-state index in [0.717, 1.165) is 12.1 Å². The van der Waals surface area contributed by atoms with Crippen molar-refractivity contribution < 1.29 is 13.9 Å². The van der Waals surface area contributed by atoms with Gasteiger partial charge in [-0.1, -0.05) is 0 Å². The summed E-state index contributed by atoms with van der Waals surface area (Å²) in [6.45, 7) is 4.18. The molecule has 1 saturated carbocycles. The first-order valence-corrected chi connectivity index (χ1v) is 8.82. The van der Waals surface area contributed by atoms with Crippen molar-refractivity contribution in [2.24, 2.45) is 16.6 Å². The summed E-state index contributed by atoms with van der Waals surface area (Å²) in [5, 5.41) is 10.0. The first-order valence-electron chi connectivity index (χ1n) is 8.82. The second-order valence-corrected chi connectivity index (χ2v) is 6.77. The number of nitrogens with two attached hydrogens (primary N) is 1. The molecule has 1 unspecified atom stereocenters. The van der Waals surface area contributed by atoms with E-state index in [4.69, 9.17) is 10.2 Å². The second kappa shape index (κ2) is 7.83. The number of rotatable bonds is 7. The predicted molar refractivity (Wildman–Crippen MR) is 99.3 cm³/mol. The Morgan fingerprint density at radius 2 is 2.27 bits per heavy atom. The lowest BCUT2D eigenvalue weighted by atomic mass is 9.98. The number of aliphatic hydroxyl groups excluding tert-OH is 1. The van der Waals surface area contributed by atoms with E-state index in [0.29, 0.717) is 40.8 Å². The minimum Gasteiger partial charge on any atom is -0.441 e. The SMILES string of the molecule is Cc1nc(CC(C=NCC2CC2)=CN)c(-c2ccc(F)cc2C(C)O)o1. The third kappa shape index (κ3) is 4.38. The van der Waals surface area contributed by atoms with Crippen LogP contribution < -0.4 is 5.73 Å². The quantitative estimate of drug-likeness (QED) is 0.740. The van der Waals surface area contributed by atoms with E-state index in [1.54, 1.807) is 26.1 Å². The van der Waals surface area contributed by atoms with Crippen LogP contribution in [0.5, 0.6) is 0 Å². The van der Waals surface area contributed by atoms with Crippen LogP contribution in [-0.4, -0.2) is 22.8 Å². The highest BCUT2D eigenvalue weighted by Crippen LogP contribution is 2.33. The topological polar surface area (TPSA) is 84.6 Å². The summed E-state index contributed by atoms with van der Waals surface area (Å²) >= 11 is 0. The Balaban J connectivity index is 1.89. The van der Waals surface area contributed by atoms with Crippen LogP contribution in [0.4, 0.5) is 4.39 Å². The number of allylic oxidation sites excluding steroid dienone is 1. The Kier molecular flexibility index (Phi) is 5.52. The molecule has 0 bridgehead atoms. The van der Waals surface area contributed by atoms with Gasteiger partial charge in [-0.2, -0.15) is 0 Å². The monoisotopic (exact) mass is 357 g/mol. The molecule has 1 heterocycles. The summed E-state index contributed by atoms with van der Waals surface area (Å²) in [7, 11) is 0. The Morgan fingerprint density at radius 3 is 2.92 bits per heavy atom. The Bertz CT molecular complexity index is 836. The molecule has 1 aromatic carbocycles. The van der Waals surface area contributed by atoms with E-state index >= 15 is 0 Å². The molecule has 0 radical (unpaired) electrons. The highest BCUT2D eigenvalue weighted by atomic mass is 19.1. The van der Waals surface area contributed by atoms with Crippen molar-refractivity contribution in [1.29, 1.82) is 0 Å². The fraction of sp³-hybridized carbons (Fsp3) is 0.400. The van der Waals surface area contributed by atoms with Crippen LogP contribution in [0.2, 0.25) is 0 Å². The van der Waals surface area contributed by atoms with Crippen molar-refractivity contribution in [2.75, 3.05) is 6.54 Å². The lowest BCUT2D eigenvalue weighted by Gasteiger charge is -2.11. The zero-order valence-corrected chi connectivity index (χ0v) is 15.1. The van der Waals surface area contributed by atoms with Crippen LogP contribution in [0, 0.1) is 18.7 Å². The van der Waals surface area contributed by atoms with Crippen LogP contribution >= 0.6 is 0 Å². The number of hydrogen-bond acceptors (Lipinski definition) is 5. The smallest absolute Gasteiger partial charge is 0.192 e. The van der Waals surface area contributed by atoms with Gasteiger partial charge >= 0.3 is 0 Å². The van der Waals surface area contributed by atoms with E-state index in [9.17, 15) is 9.50 Å². The number of halogens is 1. The molecular formula is C20H24FN3O2. The van der Waals surface area contributed by atoms with Gasteiger partial charge in [0.25, 0.3) is 0 Å². The van der Waals surface area contributed by atoms with E-state index in [1.807, 2.05) is 0 Å². The maximum absolute atomic E-state index is 13.6. The lowest BCUT2D eigenvalue weighted by molar-refractivity contribution is 0.199. The van der Waals surface area contributed by atoms with Gasteiger partial charge in [-0.3, -0.25) is 4.99 Å². The average Bonchev–Trinajstić information content (AvgIpc) is 3.35. The summed E-state index contributed by atoms with van der Waals surface area (Å²) < 4.78 is 19.4. The fourth-order valence-electron chi connectivity index (χ4n) is 2.85. The minimum atomic E-state index is -0.830. The molecule has 1 atom stereocenters. The molecule has 26 heavy (non-hydrogen) atoms. The summed E-state index contributed by atoms with van der Waals surface area (Å²) in [6, 6.07) is 4.27. The van der Waals surface area contributed by atoms with Crippen LogP contribution in [0.25, 0.3) is 11.3 Å². The number of hydrogen-bond donors (Lipinski definition) is 2. The van der Waals surface area contributed by atoms with Crippen LogP contribution in [-0.2, 0) is 6.42 Å². The molecule has 0 aliphatic heterocycles. The van der Waals surface area contributed by atoms with Crippen molar-refractivity contribution in [3.63, 3.8) is 0 Å². The Hall–Kier alpha value is -2.47. The van der Waals surface area contributed by atoms with Gasteiger partial charge in [0.05, 0.1) is 11.8 Å². The second-order valence-electron chi connectivity index (χ2n) is 6.77. The van der Waals surface area contributed by atoms with Gasteiger partial charge in [-0.15, -0.1) is 0 Å². The van der Waals surface area contributed by atoms with E-state index < -0.39 is 11.9 Å². The number of aromatic nitrogens is 1. The van der Waals surface area contributed by atoms with Crippen molar-refractivity contribution >= 4 is 6.21 Å². The van der Waals surface area contributed by atoms with E-state index in [1.165, 1.54) is 31.2 Å². The van der Waals surface area contributed by atoms with Crippen molar-refractivity contribution in [3.8, 4) is 11.3 Å². The molecule has 1 aromatic heterocycles. The van der Waals surface area contributed by atoms with Crippen molar-refractivity contribution in [1.82, 2.24) is 4.98 Å². The highest BCUT2D eigenvalue weighted by molar-refractivity contribution is 5.79. The van der Waals surface area contributed by atoms with E-state index in [-0.39, 0.29) is 0 Å². The molecule has 3 rings (SSSR count). The van der Waals surface area contributed by atoms with Gasteiger partial charge in [-0.25, -0.2) is 9.37 Å². The first-order chi connectivity index (χ1) is 12.5. The lowest BCUT2D eigenvalue weighted by Crippen LogP contribution is -2.01. The van der Waals surface area contributed by atoms with Gasteiger partial charge in [-0.05, 0) is 61.2 Å². The van der Waals surface area contributed by atoms with Crippen LogP contribution in [0.3, 0.4) is 0 Å². The molecular weight excluding hydrogens is 333 g/mol. The normalized spacial score (nSPS) is 16.4. The molecule has 1 aliphatic carbocycles. The van der Waals surface area contributed by atoms with Gasteiger partial charge in [0.1, 0.15) is 5.82 Å². The molecule has 0 spiro atoms. The molecule has 5 nitrogen and oxygen atoms in total. The van der Waals surface area contributed by atoms with E-state index in [2.05, 4.69) is 9.98 Å². The van der Waals surface area contributed by atoms with Gasteiger partial charge in [0, 0.05) is 31.7 Å². The van der Waals surface area contributed by atoms with Gasteiger partial charge in [0.2, 0.25) is 0 Å². The molecule has 6 heteroatoms. The standard InChI is InChI=1S/C20H24FN3O2/c1-12(25)18-8-16(21)5-6-17(18)20-19(24-13(2)26-20)7-15(9-22)11-23-10-14-3-4-14/h5-6,8-9,11-12,14,25H,3-4,7,10,22H2,1-2H3. The maximum Gasteiger partial charge on any atom is 0.192 e. The molecule has 3 N–H and O–H groups in total. The molecule has 1 fully saturated rings. The minimum absolute atomic E-state index is 0.405. The summed E-state index contributed by atoms with van der Waals surface area (Å²) in [5.41, 5.74) is 8.35. The zero-order valence-electron chi connectivity index (χ0n) is 15.1. The Labute approximate surface area is 152 Å². The molecule has 1 aliphatic rings. The van der Waals surface area contributed by atoms with Crippen LogP contribution in [0.15, 0.2) is 39.4 Å². The first kappa shape index (κ1) is 18.3. The summed E-state index contributed by atoms with van der Waals surface area (Å²) in [6.07, 6.45) is 5.42. The summed E-state index contributed by atoms with van der Waals surface area (Å²) in [5.74, 6) is 1.33. The zero-order chi connectivity index (χ0) is 18.7. The van der Waals surface area contributed by atoms with Crippen molar-refractivity contribution in [2.45, 2.75) is 39.2 Å². The number of benzene rings is 1. The Morgan fingerprint density at radius 1 is 1.50 bits per heavy atom. The molecule has 138 valence electrons. The number of oxazole rings is 1. The average molecular weight is 357 g/mol. The number of nitrogens with zero attached hydrogens (tertiary/aromatic N) is 2. The van der Waals surface area contributed by atoms with Crippen LogP contribution in [0.1, 0.15) is 43.0 Å². The van der Waals surface area contributed by atoms with Gasteiger partial charge in [0.15, 0.2) is 11.7 Å². The highest BCUT2D eigenvalue weighted by Gasteiger charge is 2.21. The number of aliphatic imine (C=N–C) groups is 1. The molecule has 0 amide bonds. The third-order valence-corrected chi connectivity index (χ3v) is 4.42. The molecule has 0 saturated heterocycles. The maximum atomic E-state index is 13.6. The third-order valence-electron chi connectivity index (χ3n) is 4.42.